The summed E-state index contributed by atoms with van der Waals surface area (Å²) in [6.07, 6.45) is 0.648. The van der Waals surface area contributed by atoms with E-state index in [4.69, 9.17) is 16.0 Å². The van der Waals surface area contributed by atoms with E-state index < -0.39 is 27.9 Å². The zero-order valence-electron chi connectivity index (χ0n) is 19.0. The van der Waals surface area contributed by atoms with Crippen molar-refractivity contribution >= 4 is 44.2 Å². The molecule has 1 atom stereocenters. The third-order valence-corrected chi connectivity index (χ3v) is 8.45. The SMILES string of the molecule is CNC(=O)C1CN(S(=O)(=O)c2ccc3cc(Cl)ccc3c2)CCN1C(=O)c1nc2c(o1)CNCC2. The Kier molecular flexibility index (Phi) is 6.26. The Morgan fingerprint density at radius 2 is 1.94 bits per heavy atom. The molecule has 1 unspecified atom stereocenters. The van der Waals surface area contributed by atoms with E-state index in [9.17, 15) is 18.0 Å². The maximum atomic E-state index is 13.5. The van der Waals surface area contributed by atoms with Gasteiger partial charge >= 0.3 is 5.91 Å². The topological polar surface area (TPSA) is 125 Å². The molecule has 0 spiro atoms. The predicted octanol–water partition coefficient (Wildman–Crippen LogP) is 1.39. The number of amides is 2. The lowest BCUT2D eigenvalue weighted by Gasteiger charge is -2.39. The molecule has 35 heavy (non-hydrogen) atoms. The number of halogens is 1. The van der Waals surface area contributed by atoms with Crippen molar-refractivity contribution in [1.82, 2.24) is 24.8 Å². The molecule has 0 radical (unpaired) electrons. The summed E-state index contributed by atoms with van der Waals surface area (Å²) in [7, 11) is -2.47. The number of likely N-dealkylation sites (N-methyl/N-ethyl adjacent to an activating group) is 1. The number of oxazole rings is 1. The van der Waals surface area contributed by atoms with E-state index in [0.717, 1.165) is 23.0 Å². The number of carbonyl (C=O) groups is 2. The van der Waals surface area contributed by atoms with Crippen LogP contribution >= 0.6 is 11.6 Å². The first kappa shape index (κ1) is 23.7. The van der Waals surface area contributed by atoms with Gasteiger partial charge in [-0.1, -0.05) is 23.7 Å². The Balaban J connectivity index is 1.41. The third kappa shape index (κ3) is 4.40. The Bertz CT molecular complexity index is 1400. The summed E-state index contributed by atoms with van der Waals surface area (Å²) < 4.78 is 33.8. The molecule has 0 saturated carbocycles. The molecule has 3 heterocycles. The van der Waals surface area contributed by atoms with E-state index >= 15 is 0 Å². The number of sulfonamides is 1. The summed E-state index contributed by atoms with van der Waals surface area (Å²) in [6, 6.07) is 8.98. The van der Waals surface area contributed by atoms with Crippen LogP contribution in [-0.4, -0.2) is 73.7 Å². The van der Waals surface area contributed by atoms with Gasteiger partial charge in [0.15, 0.2) is 0 Å². The Morgan fingerprint density at radius 3 is 2.71 bits per heavy atom. The van der Waals surface area contributed by atoms with Crippen LogP contribution in [-0.2, 0) is 27.8 Å². The average molecular weight is 518 g/mol. The number of benzene rings is 2. The number of nitrogens with one attached hydrogen (secondary N) is 2. The van der Waals surface area contributed by atoms with Gasteiger partial charge in [-0.25, -0.2) is 13.4 Å². The van der Waals surface area contributed by atoms with Crippen LogP contribution in [0.2, 0.25) is 5.02 Å². The van der Waals surface area contributed by atoms with Crippen LogP contribution in [0.4, 0.5) is 0 Å². The minimum atomic E-state index is -3.92. The van der Waals surface area contributed by atoms with Gasteiger partial charge in [0.05, 0.1) is 17.1 Å². The van der Waals surface area contributed by atoms with Crippen LogP contribution in [0.15, 0.2) is 45.7 Å². The number of piperazine rings is 1. The highest BCUT2D eigenvalue weighted by molar-refractivity contribution is 7.89. The highest BCUT2D eigenvalue weighted by Crippen LogP contribution is 2.27. The van der Waals surface area contributed by atoms with Gasteiger partial charge in [0.2, 0.25) is 15.9 Å². The largest absolute Gasteiger partial charge is 0.436 e. The van der Waals surface area contributed by atoms with Crippen molar-refractivity contribution in [3.8, 4) is 0 Å². The fraction of sp³-hybridized carbons (Fsp3) is 0.348. The Hall–Kier alpha value is -2.99. The van der Waals surface area contributed by atoms with Gasteiger partial charge in [-0.2, -0.15) is 4.31 Å². The molecule has 2 aliphatic rings. The van der Waals surface area contributed by atoms with Crippen molar-refractivity contribution in [3.63, 3.8) is 0 Å². The van der Waals surface area contributed by atoms with Crippen LogP contribution in [0, 0.1) is 0 Å². The van der Waals surface area contributed by atoms with Crippen molar-refractivity contribution in [2.45, 2.75) is 23.9 Å². The Labute approximate surface area is 207 Å². The average Bonchev–Trinajstić information content (AvgIpc) is 3.31. The van der Waals surface area contributed by atoms with Gasteiger partial charge in [-0.3, -0.25) is 9.59 Å². The molecule has 12 heteroatoms. The molecule has 10 nitrogen and oxygen atoms in total. The molecule has 1 saturated heterocycles. The van der Waals surface area contributed by atoms with Crippen molar-refractivity contribution in [2.24, 2.45) is 0 Å². The first-order chi connectivity index (χ1) is 16.8. The van der Waals surface area contributed by atoms with Gasteiger partial charge in [0, 0.05) is 44.7 Å². The number of nitrogens with zero attached hydrogens (tertiary/aromatic N) is 3. The van der Waals surface area contributed by atoms with Crippen LogP contribution in [0.1, 0.15) is 22.1 Å². The second-order valence-electron chi connectivity index (χ2n) is 8.46. The maximum Gasteiger partial charge on any atom is 0.310 e. The summed E-state index contributed by atoms with van der Waals surface area (Å²) in [5, 5.41) is 7.80. The zero-order valence-corrected chi connectivity index (χ0v) is 20.5. The second kappa shape index (κ2) is 9.23. The first-order valence-electron chi connectivity index (χ1n) is 11.2. The standard InChI is InChI=1S/C23H24ClN5O5S/c1-25-21(30)19-13-28(35(32,33)17-5-3-14-10-16(24)4-2-15(14)11-17)8-9-29(19)23(31)22-27-18-6-7-26-12-20(18)34-22/h2-5,10-11,19,26H,6-9,12-13H2,1H3,(H,25,30). The van der Waals surface area contributed by atoms with Gasteiger partial charge in [0.1, 0.15) is 11.8 Å². The monoisotopic (exact) mass is 517 g/mol. The minimum Gasteiger partial charge on any atom is -0.436 e. The maximum absolute atomic E-state index is 13.5. The molecule has 184 valence electrons. The fourth-order valence-corrected chi connectivity index (χ4v) is 6.11. The highest BCUT2D eigenvalue weighted by atomic mass is 35.5. The van der Waals surface area contributed by atoms with Crippen LogP contribution < -0.4 is 10.6 Å². The molecule has 2 amide bonds. The van der Waals surface area contributed by atoms with Gasteiger partial charge in [0.25, 0.3) is 5.89 Å². The molecule has 2 N–H and O–H groups in total. The fourth-order valence-electron chi connectivity index (χ4n) is 4.45. The highest BCUT2D eigenvalue weighted by Gasteiger charge is 2.41. The molecular formula is C23H24ClN5O5S. The summed E-state index contributed by atoms with van der Waals surface area (Å²) in [4.78, 5) is 31.7. The van der Waals surface area contributed by atoms with E-state index in [2.05, 4.69) is 15.6 Å². The molecular weight excluding hydrogens is 494 g/mol. The summed E-state index contributed by atoms with van der Waals surface area (Å²) >= 11 is 6.03. The zero-order chi connectivity index (χ0) is 24.7. The lowest BCUT2D eigenvalue weighted by atomic mass is 10.1. The summed E-state index contributed by atoms with van der Waals surface area (Å²) in [5.74, 6) is -0.482. The van der Waals surface area contributed by atoms with Crippen molar-refractivity contribution < 1.29 is 22.4 Å². The quantitative estimate of drug-likeness (QED) is 0.535. The Morgan fingerprint density at radius 1 is 1.17 bits per heavy atom. The molecule has 2 aliphatic heterocycles. The molecule has 1 aromatic heterocycles. The van der Waals surface area contributed by atoms with E-state index in [1.807, 2.05) is 0 Å². The van der Waals surface area contributed by atoms with Crippen LogP contribution in [0.5, 0.6) is 0 Å². The molecule has 0 bridgehead atoms. The smallest absolute Gasteiger partial charge is 0.310 e. The van der Waals surface area contributed by atoms with Crippen molar-refractivity contribution in [2.75, 3.05) is 33.2 Å². The normalized spacial score (nSPS) is 18.9. The van der Waals surface area contributed by atoms with E-state index in [1.165, 1.54) is 22.3 Å². The van der Waals surface area contributed by atoms with Crippen molar-refractivity contribution in [3.05, 3.63) is 58.8 Å². The predicted molar refractivity (Wildman–Crippen MR) is 129 cm³/mol. The number of fused-ring (bicyclic) bond motifs is 2. The van der Waals surface area contributed by atoms with Gasteiger partial charge in [-0.05, 0) is 35.0 Å². The minimum absolute atomic E-state index is 0.0185. The number of hydrogen-bond acceptors (Lipinski definition) is 7. The van der Waals surface area contributed by atoms with Gasteiger partial charge in [-0.15, -0.1) is 0 Å². The van der Waals surface area contributed by atoms with E-state index in [-0.39, 0.29) is 30.4 Å². The van der Waals surface area contributed by atoms with E-state index in [0.29, 0.717) is 23.7 Å². The van der Waals surface area contributed by atoms with E-state index in [1.54, 1.807) is 30.3 Å². The molecule has 2 aromatic carbocycles. The van der Waals surface area contributed by atoms with Crippen molar-refractivity contribution in [1.29, 1.82) is 0 Å². The summed E-state index contributed by atoms with van der Waals surface area (Å²) in [5.41, 5.74) is 0.724. The molecule has 3 aromatic rings. The van der Waals surface area contributed by atoms with Crippen LogP contribution in [0.25, 0.3) is 10.8 Å². The lowest BCUT2D eigenvalue weighted by molar-refractivity contribution is -0.126. The summed E-state index contributed by atoms with van der Waals surface area (Å²) in [6.45, 7) is 1.09. The van der Waals surface area contributed by atoms with Gasteiger partial charge < -0.3 is 20.0 Å². The first-order valence-corrected chi connectivity index (χ1v) is 13.0. The third-order valence-electron chi connectivity index (χ3n) is 6.35. The number of rotatable bonds is 4. The number of carbonyl (C=O) groups excluding carboxylic acids is 2. The number of aromatic nitrogens is 1. The lowest BCUT2D eigenvalue weighted by Crippen LogP contribution is -2.61. The molecule has 1 fully saturated rings. The van der Waals surface area contributed by atoms with Crippen LogP contribution in [0.3, 0.4) is 0 Å². The molecule has 0 aliphatic carbocycles. The second-order valence-corrected chi connectivity index (χ2v) is 10.8. The molecule has 5 rings (SSSR count). The number of hydrogen-bond donors (Lipinski definition) is 2.